The highest BCUT2D eigenvalue weighted by Crippen LogP contribution is 2.30. The summed E-state index contributed by atoms with van der Waals surface area (Å²) >= 11 is 0. The Balaban J connectivity index is 2.67. The minimum Gasteiger partial charge on any atom is -0.508 e. The smallest absolute Gasteiger partial charge is 0.163 e. The highest BCUT2D eigenvalue weighted by atomic mass is 16.3. The highest BCUT2D eigenvalue weighted by molar-refractivity contribution is 6.00. The largest absolute Gasteiger partial charge is 0.508 e. The number of benzene rings is 1. The molecular weight excluding hydrogens is 164 g/mol. The number of carbonyl (C=O) groups is 1. The van der Waals surface area contributed by atoms with Gasteiger partial charge in [0.15, 0.2) is 5.78 Å². The van der Waals surface area contributed by atoms with Crippen molar-refractivity contribution in [1.29, 1.82) is 0 Å². The van der Waals surface area contributed by atoms with E-state index in [1.54, 1.807) is 12.1 Å². The van der Waals surface area contributed by atoms with Gasteiger partial charge in [0.1, 0.15) is 5.75 Å². The normalized spacial score (nSPS) is 15.6. The molecule has 0 bridgehead atoms. The molecule has 2 heteroatoms. The van der Waals surface area contributed by atoms with Crippen molar-refractivity contribution in [1.82, 2.24) is 0 Å². The van der Waals surface area contributed by atoms with Crippen LogP contribution < -0.4 is 0 Å². The average molecular weight is 176 g/mol. The van der Waals surface area contributed by atoms with E-state index >= 15 is 0 Å². The van der Waals surface area contributed by atoms with Gasteiger partial charge in [-0.1, -0.05) is 6.07 Å². The Morgan fingerprint density at radius 1 is 1.31 bits per heavy atom. The Kier molecular flexibility index (Phi) is 1.83. The fraction of sp³-hybridized carbons (Fsp3) is 0.364. The molecule has 1 aliphatic carbocycles. The standard InChI is InChI=1S/C11H12O2/c1-7-5-6-9(12)8-3-2-4-10(13)11(7)8/h5-6,12H,2-4H2,1H3. The third kappa shape index (κ3) is 1.22. The van der Waals surface area contributed by atoms with Crippen LogP contribution in [0.25, 0.3) is 0 Å². The van der Waals surface area contributed by atoms with Gasteiger partial charge in [-0.05, 0) is 31.4 Å². The van der Waals surface area contributed by atoms with Crippen molar-refractivity contribution in [3.8, 4) is 5.75 Å². The number of phenols is 1. The molecule has 2 rings (SSSR count). The quantitative estimate of drug-likeness (QED) is 0.658. The molecule has 0 aliphatic heterocycles. The number of phenolic OH excluding ortho intramolecular Hbond substituents is 1. The predicted molar refractivity (Wildman–Crippen MR) is 50.1 cm³/mol. The molecule has 0 aromatic heterocycles. The molecule has 0 unspecified atom stereocenters. The number of hydrogen-bond donors (Lipinski definition) is 1. The number of aryl methyl sites for hydroxylation is 1. The molecule has 0 saturated carbocycles. The Morgan fingerprint density at radius 3 is 2.77 bits per heavy atom. The van der Waals surface area contributed by atoms with Crippen LogP contribution in [-0.4, -0.2) is 10.9 Å². The molecular formula is C11H12O2. The summed E-state index contributed by atoms with van der Waals surface area (Å²) in [6, 6.07) is 3.48. The summed E-state index contributed by atoms with van der Waals surface area (Å²) in [6.07, 6.45) is 2.31. The maximum atomic E-state index is 11.5. The summed E-state index contributed by atoms with van der Waals surface area (Å²) in [5, 5.41) is 9.55. The number of hydrogen-bond acceptors (Lipinski definition) is 2. The fourth-order valence-corrected chi connectivity index (χ4v) is 1.95. The molecule has 0 radical (unpaired) electrons. The zero-order chi connectivity index (χ0) is 9.42. The minimum atomic E-state index is 0.176. The van der Waals surface area contributed by atoms with Crippen molar-refractivity contribution >= 4 is 5.78 Å². The SMILES string of the molecule is Cc1ccc(O)c2c1C(=O)CCC2. The first kappa shape index (κ1) is 8.30. The second kappa shape index (κ2) is 2.87. The van der Waals surface area contributed by atoms with Gasteiger partial charge >= 0.3 is 0 Å². The van der Waals surface area contributed by atoms with Crippen LogP contribution in [-0.2, 0) is 6.42 Å². The zero-order valence-corrected chi connectivity index (χ0v) is 7.63. The van der Waals surface area contributed by atoms with Crippen molar-refractivity contribution < 1.29 is 9.90 Å². The lowest BCUT2D eigenvalue weighted by atomic mass is 9.87. The highest BCUT2D eigenvalue weighted by Gasteiger charge is 2.21. The molecule has 13 heavy (non-hydrogen) atoms. The van der Waals surface area contributed by atoms with Gasteiger partial charge in [-0.15, -0.1) is 0 Å². The molecule has 68 valence electrons. The lowest BCUT2D eigenvalue weighted by molar-refractivity contribution is 0.0971. The van der Waals surface area contributed by atoms with Crippen molar-refractivity contribution in [3.63, 3.8) is 0 Å². The Hall–Kier alpha value is -1.31. The molecule has 0 amide bonds. The van der Waals surface area contributed by atoms with Gasteiger partial charge in [0.2, 0.25) is 0 Å². The summed E-state index contributed by atoms with van der Waals surface area (Å²) in [5.41, 5.74) is 2.58. The van der Waals surface area contributed by atoms with Gasteiger partial charge in [0.05, 0.1) is 0 Å². The summed E-state index contributed by atoms with van der Waals surface area (Å²) < 4.78 is 0. The molecule has 1 aromatic carbocycles. The van der Waals surface area contributed by atoms with Crippen LogP contribution in [0.1, 0.15) is 34.3 Å². The number of aromatic hydroxyl groups is 1. The van der Waals surface area contributed by atoms with Crippen molar-refractivity contribution in [2.75, 3.05) is 0 Å². The first-order valence-electron chi connectivity index (χ1n) is 4.55. The topological polar surface area (TPSA) is 37.3 Å². The van der Waals surface area contributed by atoms with Gasteiger partial charge in [-0.3, -0.25) is 4.79 Å². The number of Topliss-reactive ketones (excluding diaryl/α,β-unsaturated/α-hetero) is 1. The molecule has 1 aromatic rings. The van der Waals surface area contributed by atoms with Crippen LogP contribution in [0.2, 0.25) is 0 Å². The van der Waals surface area contributed by atoms with E-state index in [9.17, 15) is 9.90 Å². The van der Waals surface area contributed by atoms with Crippen LogP contribution in [0.5, 0.6) is 5.75 Å². The lowest BCUT2D eigenvalue weighted by Gasteiger charge is -2.17. The first-order valence-corrected chi connectivity index (χ1v) is 4.55. The number of carbonyl (C=O) groups excluding carboxylic acids is 1. The Bertz CT molecular complexity index is 367. The Morgan fingerprint density at radius 2 is 2.08 bits per heavy atom. The maximum Gasteiger partial charge on any atom is 0.163 e. The number of ketones is 1. The van der Waals surface area contributed by atoms with E-state index in [1.807, 2.05) is 6.92 Å². The molecule has 1 aliphatic rings. The van der Waals surface area contributed by atoms with Crippen molar-refractivity contribution in [2.24, 2.45) is 0 Å². The van der Waals surface area contributed by atoms with Crippen LogP contribution >= 0.6 is 0 Å². The number of fused-ring (bicyclic) bond motifs is 1. The Labute approximate surface area is 77.2 Å². The first-order chi connectivity index (χ1) is 6.20. The van der Waals surface area contributed by atoms with Crippen LogP contribution in [0.3, 0.4) is 0 Å². The van der Waals surface area contributed by atoms with Crippen LogP contribution in [0.15, 0.2) is 12.1 Å². The molecule has 2 nitrogen and oxygen atoms in total. The van der Waals surface area contributed by atoms with Gasteiger partial charge in [0, 0.05) is 17.5 Å². The molecule has 0 atom stereocenters. The van der Waals surface area contributed by atoms with E-state index in [-0.39, 0.29) is 11.5 Å². The second-order valence-corrected chi connectivity index (χ2v) is 3.53. The third-order valence-corrected chi connectivity index (χ3v) is 2.61. The summed E-state index contributed by atoms with van der Waals surface area (Å²) in [6.45, 7) is 1.92. The molecule has 1 N–H and O–H groups in total. The number of rotatable bonds is 0. The monoisotopic (exact) mass is 176 g/mol. The fourth-order valence-electron chi connectivity index (χ4n) is 1.95. The molecule has 0 spiro atoms. The predicted octanol–water partition coefficient (Wildman–Crippen LogP) is 2.22. The average Bonchev–Trinajstić information content (AvgIpc) is 2.12. The molecule has 0 heterocycles. The van der Waals surface area contributed by atoms with E-state index in [1.165, 1.54) is 0 Å². The van der Waals surface area contributed by atoms with Crippen molar-refractivity contribution in [3.05, 3.63) is 28.8 Å². The van der Waals surface area contributed by atoms with E-state index in [0.717, 1.165) is 29.5 Å². The minimum absolute atomic E-state index is 0.176. The van der Waals surface area contributed by atoms with E-state index in [2.05, 4.69) is 0 Å². The van der Waals surface area contributed by atoms with Gasteiger partial charge in [-0.2, -0.15) is 0 Å². The van der Waals surface area contributed by atoms with E-state index in [0.29, 0.717) is 6.42 Å². The van der Waals surface area contributed by atoms with Gasteiger partial charge in [0.25, 0.3) is 0 Å². The summed E-state index contributed by atoms with van der Waals surface area (Å²) in [7, 11) is 0. The summed E-state index contributed by atoms with van der Waals surface area (Å²) in [4.78, 5) is 11.5. The van der Waals surface area contributed by atoms with Crippen molar-refractivity contribution in [2.45, 2.75) is 26.2 Å². The van der Waals surface area contributed by atoms with Crippen LogP contribution in [0, 0.1) is 6.92 Å². The van der Waals surface area contributed by atoms with E-state index < -0.39 is 0 Å². The summed E-state index contributed by atoms with van der Waals surface area (Å²) in [5.74, 6) is 0.448. The second-order valence-electron chi connectivity index (χ2n) is 3.53. The van der Waals surface area contributed by atoms with Gasteiger partial charge < -0.3 is 5.11 Å². The van der Waals surface area contributed by atoms with E-state index in [4.69, 9.17) is 0 Å². The van der Waals surface area contributed by atoms with Gasteiger partial charge in [-0.25, -0.2) is 0 Å². The zero-order valence-electron chi connectivity index (χ0n) is 7.63. The lowest BCUT2D eigenvalue weighted by Crippen LogP contribution is -2.12. The van der Waals surface area contributed by atoms with Crippen LogP contribution in [0.4, 0.5) is 0 Å². The third-order valence-electron chi connectivity index (χ3n) is 2.61. The molecule has 0 saturated heterocycles. The molecule has 0 fully saturated rings. The maximum absolute atomic E-state index is 11.5.